The van der Waals surface area contributed by atoms with Crippen molar-refractivity contribution in [1.82, 2.24) is 4.72 Å². The van der Waals surface area contributed by atoms with E-state index < -0.39 is 10.0 Å². The number of aromatic hydroxyl groups is 1. The third-order valence-corrected chi connectivity index (χ3v) is 4.17. The second-order valence-electron chi connectivity index (χ2n) is 4.44. The minimum atomic E-state index is -3.59. The van der Waals surface area contributed by atoms with Crippen LogP contribution in [0, 0.1) is 0 Å². The predicted molar refractivity (Wildman–Crippen MR) is 78.1 cm³/mol. The molecule has 0 heterocycles. The summed E-state index contributed by atoms with van der Waals surface area (Å²) in [5.74, 6) is -0.131. The first kappa shape index (κ1) is 16.7. The number of nitrogens with one attached hydrogen (secondary N) is 1. The van der Waals surface area contributed by atoms with E-state index in [9.17, 15) is 13.5 Å². The third-order valence-electron chi connectivity index (χ3n) is 2.71. The summed E-state index contributed by atoms with van der Waals surface area (Å²) in [6.45, 7) is 3.62. The average molecular weight is 302 g/mol. The van der Waals surface area contributed by atoms with E-state index in [1.807, 2.05) is 0 Å². The number of nitrogens with two attached hydrogens (primary N) is 1. The van der Waals surface area contributed by atoms with Gasteiger partial charge in [-0.3, -0.25) is 0 Å². The van der Waals surface area contributed by atoms with Gasteiger partial charge in [-0.25, -0.2) is 13.1 Å². The topological polar surface area (TPSA) is 102 Å². The first-order valence-corrected chi connectivity index (χ1v) is 8.11. The number of hydrogen-bond donors (Lipinski definition) is 3. The number of anilines is 1. The Morgan fingerprint density at radius 1 is 1.30 bits per heavy atom. The number of phenolic OH excluding ortho intramolecular Hbond substituents is 1. The number of benzene rings is 1. The molecular weight excluding hydrogens is 280 g/mol. The molecule has 0 unspecified atom stereocenters. The molecule has 0 saturated carbocycles. The van der Waals surface area contributed by atoms with Crippen LogP contribution >= 0.6 is 0 Å². The second kappa shape index (κ2) is 8.08. The molecule has 0 fully saturated rings. The summed E-state index contributed by atoms with van der Waals surface area (Å²) in [7, 11) is -3.59. The summed E-state index contributed by atoms with van der Waals surface area (Å²) < 4.78 is 31.7. The Labute approximate surface area is 120 Å². The van der Waals surface area contributed by atoms with Crippen molar-refractivity contribution in [3.05, 3.63) is 18.2 Å². The number of phenols is 1. The maximum atomic E-state index is 11.9. The van der Waals surface area contributed by atoms with Gasteiger partial charge in [0, 0.05) is 19.8 Å². The van der Waals surface area contributed by atoms with Crippen LogP contribution in [0.1, 0.15) is 26.2 Å². The van der Waals surface area contributed by atoms with Gasteiger partial charge in [-0.15, -0.1) is 0 Å². The lowest BCUT2D eigenvalue weighted by Gasteiger charge is -2.08. The summed E-state index contributed by atoms with van der Waals surface area (Å²) in [5, 5.41) is 9.27. The van der Waals surface area contributed by atoms with Crippen molar-refractivity contribution in [2.24, 2.45) is 0 Å². The van der Waals surface area contributed by atoms with Gasteiger partial charge in [-0.1, -0.05) is 13.3 Å². The highest BCUT2D eigenvalue weighted by Crippen LogP contribution is 2.22. The van der Waals surface area contributed by atoms with Crippen molar-refractivity contribution < 1.29 is 18.3 Å². The van der Waals surface area contributed by atoms with E-state index in [2.05, 4.69) is 11.6 Å². The van der Waals surface area contributed by atoms with Gasteiger partial charge >= 0.3 is 0 Å². The molecule has 0 atom stereocenters. The van der Waals surface area contributed by atoms with E-state index in [4.69, 9.17) is 10.5 Å². The molecule has 0 amide bonds. The number of sulfonamides is 1. The van der Waals surface area contributed by atoms with Crippen molar-refractivity contribution in [3.8, 4) is 5.75 Å². The highest BCUT2D eigenvalue weighted by Gasteiger charge is 2.14. The fraction of sp³-hybridized carbons (Fsp3) is 0.538. The van der Waals surface area contributed by atoms with E-state index in [-0.39, 0.29) is 16.3 Å². The van der Waals surface area contributed by atoms with Crippen LogP contribution in [-0.4, -0.2) is 33.3 Å². The third kappa shape index (κ3) is 5.36. The number of hydrogen-bond acceptors (Lipinski definition) is 5. The highest BCUT2D eigenvalue weighted by atomic mass is 32.2. The van der Waals surface area contributed by atoms with Crippen molar-refractivity contribution >= 4 is 15.7 Å². The lowest BCUT2D eigenvalue weighted by Crippen LogP contribution is -2.25. The van der Waals surface area contributed by atoms with Crippen LogP contribution in [0.15, 0.2) is 23.1 Å². The standard InChI is InChI=1S/C13H22N2O4S/c1-2-3-8-19-9-4-7-15-20(17,18)11-5-6-13(16)12(14)10-11/h5-6,10,15-16H,2-4,7-9,14H2,1H3. The van der Waals surface area contributed by atoms with Crippen molar-refractivity contribution in [2.45, 2.75) is 31.1 Å². The summed E-state index contributed by atoms with van der Waals surface area (Å²) in [4.78, 5) is 0.0414. The Morgan fingerprint density at radius 3 is 2.65 bits per heavy atom. The van der Waals surface area contributed by atoms with E-state index in [0.29, 0.717) is 26.2 Å². The molecule has 20 heavy (non-hydrogen) atoms. The molecule has 4 N–H and O–H groups in total. The van der Waals surface area contributed by atoms with Gasteiger partial charge in [0.1, 0.15) is 5.75 Å². The molecule has 0 aliphatic carbocycles. The summed E-state index contributed by atoms with van der Waals surface area (Å²) in [5.41, 5.74) is 5.52. The summed E-state index contributed by atoms with van der Waals surface area (Å²) >= 11 is 0. The van der Waals surface area contributed by atoms with Crippen LogP contribution in [-0.2, 0) is 14.8 Å². The predicted octanol–water partition coefficient (Wildman–Crippen LogP) is 1.46. The Balaban J connectivity index is 2.40. The van der Waals surface area contributed by atoms with Crippen molar-refractivity contribution in [3.63, 3.8) is 0 Å². The number of rotatable bonds is 9. The first-order chi connectivity index (χ1) is 9.47. The SMILES string of the molecule is CCCCOCCCNS(=O)(=O)c1ccc(O)c(N)c1. The van der Waals surface area contributed by atoms with Gasteiger partial charge in [0.25, 0.3) is 0 Å². The molecule has 0 radical (unpaired) electrons. The normalized spacial score (nSPS) is 11.7. The Hall–Kier alpha value is -1.31. The van der Waals surface area contributed by atoms with Crippen LogP contribution in [0.2, 0.25) is 0 Å². The van der Waals surface area contributed by atoms with Crippen LogP contribution in [0.3, 0.4) is 0 Å². The fourth-order valence-corrected chi connectivity index (χ4v) is 2.62. The Bertz CT molecular complexity index is 517. The van der Waals surface area contributed by atoms with Gasteiger partial charge in [0.15, 0.2) is 0 Å². The van der Waals surface area contributed by atoms with Crippen LogP contribution in [0.25, 0.3) is 0 Å². The zero-order chi connectivity index (χ0) is 15.0. The van der Waals surface area contributed by atoms with Gasteiger partial charge in [0.2, 0.25) is 10.0 Å². The monoisotopic (exact) mass is 302 g/mol. The van der Waals surface area contributed by atoms with Gasteiger partial charge in [-0.05, 0) is 31.0 Å². The average Bonchev–Trinajstić information content (AvgIpc) is 2.40. The fourth-order valence-electron chi connectivity index (χ4n) is 1.51. The molecule has 114 valence electrons. The summed E-state index contributed by atoms with van der Waals surface area (Å²) in [6, 6.07) is 3.80. The molecule has 0 bridgehead atoms. The molecular formula is C13H22N2O4S. The van der Waals surface area contributed by atoms with E-state index >= 15 is 0 Å². The quantitative estimate of drug-likeness (QED) is 0.364. The minimum absolute atomic E-state index is 0.0378. The Kier molecular flexibility index (Phi) is 6.77. The van der Waals surface area contributed by atoms with Crippen LogP contribution < -0.4 is 10.5 Å². The maximum Gasteiger partial charge on any atom is 0.240 e. The van der Waals surface area contributed by atoms with E-state index in [0.717, 1.165) is 12.8 Å². The van der Waals surface area contributed by atoms with E-state index in [1.54, 1.807) is 0 Å². The molecule has 1 aromatic rings. The summed E-state index contributed by atoms with van der Waals surface area (Å²) in [6.07, 6.45) is 2.70. The molecule has 1 rings (SSSR count). The first-order valence-electron chi connectivity index (χ1n) is 6.63. The maximum absolute atomic E-state index is 11.9. The molecule has 6 nitrogen and oxygen atoms in total. The molecule has 0 saturated heterocycles. The van der Waals surface area contributed by atoms with Gasteiger partial charge in [-0.2, -0.15) is 0 Å². The number of nitrogen functional groups attached to an aromatic ring is 1. The smallest absolute Gasteiger partial charge is 0.240 e. The van der Waals surface area contributed by atoms with Crippen LogP contribution in [0.5, 0.6) is 5.75 Å². The molecule has 1 aromatic carbocycles. The molecule has 7 heteroatoms. The molecule has 0 spiro atoms. The number of ether oxygens (including phenoxy) is 1. The van der Waals surface area contributed by atoms with Crippen molar-refractivity contribution in [1.29, 1.82) is 0 Å². The molecule has 0 aliphatic rings. The van der Waals surface area contributed by atoms with Gasteiger partial charge in [0.05, 0.1) is 10.6 Å². The highest BCUT2D eigenvalue weighted by molar-refractivity contribution is 7.89. The lowest BCUT2D eigenvalue weighted by molar-refractivity contribution is 0.130. The second-order valence-corrected chi connectivity index (χ2v) is 6.20. The molecule has 0 aromatic heterocycles. The van der Waals surface area contributed by atoms with Crippen LogP contribution in [0.4, 0.5) is 5.69 Å². The zero-order valence-electron chi connectivity index (χ0n) is 11.6. The minimum Gasteiger partial charge on any atom is -0.506 e. The van der Waals surface area contributed by atoms with Gasteiger partial charge < -0.3 is 15.6 Å². The number of unbranched alkanes of at least 4 members (excludes halogenated alkanes) is 1. The van der Waals surface area contributed by atoms with E-state index in [1.165, 1.54) is 18.2 Å². The van der Waals surface area contributed by atoms with Crippen molar-refractivity contribution in [2.75, 3.05) is 25.5 Å². The lowest BCUT2D eigenvalue weighted by atomic mass is 10.3. The molecule has 0 aliphatic heterocycles. The largest absolute Gasteiger partial charge is 0.506 e. The Morgan fingerprint density at radius 2 is 2.00 bits per heavy atom. The zero-order valence-corrected chi connectivity index (χ0v) is 12.4.